The summed E-state index contributed by atoms with van der Waals surface area (Å²) in [6.07, 6.45) is 0. The molecule has 26 heavy (non-hydrogen) atoms. The number of anilines is 1. The zero-order valence-electron chi connectivity index (χ0n) is 13.7. The summed E-state index contributed by atoms with van der Waals surface area (Å²) in [5.41, 5.74) is 2.11. The molecule has 0 saturated heterocycles. The number of nitro benzene ring substituents is 1. The highest BCUT2D eigenvalue weighted by Gasteiger charge is 2.13. The lowest BCUT2D eigenvalue weighted by Gasteiger charge is -2.07. The number of carbonyl (C=O) groups is 1. The normalized spacial score (nSPS) is 10.5. The maximum Gasteiger partial charge on any atom is 0.271 e. The van der Waals surface area contributed by atoms with Crippen molar-refractivity contribution in [1.29, 1.82) is 0 Å². The third-order valence-corrected chi connectivity index (χ3v) is 4.38. The van der Waals surface area contributed by atoms with E-state index in [-0.39, 0.29) is 17.3 Å². The van der Waals surface area contributed by atoms with Crippen molar-refractivity contribution in [3.63, 3.8) is 0 Å². The topological polar surface area (TPSA) is 116 Å². The number of rotatable bonds is 6. The van der Waals surface area contributed by atoms with Crippen LogP contribution in [0.15, 0.2) is 53.7 Å². The van der Waals surface area contributed by atoms with Crippen molar-refractivity contribution in [1.82, 2.24) is 20.2 Å². The quantitative estimate of drug-likeness (QED) is 0.403. The van der Waals surface area contributed by atoms with E-state index in [0.717, 1.165) is 11.3 Å². The second-order valence-corrected chi connectivity index (χ2v) is 6.25. The van der Waals surface area contributed by atoms with Crippen molar-refractivity contribution in [3.05, 3.63) is 64.2 Å². The Labute approximate surface area is 152 Å². The lowest BCUT2D eigenvalue weighted by atomic mass is 10.2. The number of non-ortho nitro benzene ring substituents is 1. The Morgan fingerprint density at radius 3 is 2.85 bits per heavy atom. The monoisotopic (exact) mass is 370 g/mol. The van der Waals surface area contributed by atoms with E-state index >= 15 is 0 Å². The molecule has 9 nitrogen and oxygen atoms in total. The minimum absolute atomic E-state index is 0.0644. The van der Waals surface area contributed by atoms with Gasteiger partial charge in [-0.15, -0.1) is 5.10 Å². The van der Waals surface area contributed by atoms with E-state index in [4.69, 9.17) is 0 Å². The van der Waals surface area contributed by atoms with Crippen LogP contribution in [-0.4, -0.2) is 36.8 Å². The second-order valence-electron chi connectivity index (χ2n) is 5.30. The first-order chi connectivity index (χ1) is 12.5. The van der Waals surface area contributed by atoms with Gasteiger partial charge in [0, 0.05) is 17.8 Å². The highest BCUT2D eigenvalue weighted by Crippen LogP contribution is 2.21. The Morgan fingerprint density at radius 1 is 1.27 bits per heavy atom. The molecule has 3 aromatic rings. The zero-order valence-corrected chi connectivity index (χ0v) is 14.5. The van der Waals surface area contributed by atoms with Crippen LogP contribution in [-0.2, 0) is 4.79 Å². The van der Waals surface area contributed by atoms with Gasteiger partial charge in [-0.2, -0.15) is 4.68 Å². The molecule has 2 aromatic carbocycles. The first kappa shape index (κ1) is 17.5. The molecular formula is C16H14N6O3S. The van der Waals surface area contributed by atoms with Crippen molar-refractivity contribution in [3.8, 4) is 5.69 Å². The molecule has 10 heteroatoms. The number of nitrogens with zero attached hydrogens (tertiary/aromatic N) is 5. The molecule has 0 spiro atoms. The summed E-state index contributed by atoms with van der Waals surface area (Å²) >= 11 is 1.18. The number of carbonyl (C=O) groups excluding carboxylic acids is 1. The summed E-state index contributed by atoms with van der Waals surface area (Å²) in [7, 11) is 0. The van der Waals surface area contributed by atoms with E-state index < -0.39 is 4.92 Å². The smallest absolute Gasteiger partial charge is 0.271 e. The van der Waals surface area contributed by atoms with Gasteiger partial charge in [0.15, 0.2) is 0 Å². The molecule has 0 aliphatic carbocycles. The van der Waals surface area contributed by atoms with Crippen LogP contribution in [0.1, 0.15) is 5.56 Å². The number of hydrogen-bond acceptors (Lipinski definition) is 7. The predicted octanol–water partition coefficient (Wildman–Crippen LogP) is 2.61. The van der Waals surface area contributed by atoms with Crippen LogP contribution in [0.5, 0.6) is 0 Å². The van der Waals surface area contributed by atoms with Gasteiger partial charge in [-0.25, -0.2) is 0 Å². The summed E-state index contributed by atoms with van der Waals surface area (Å²) in [6.45, 7) is 1.94. The molecule has 1 heterocycles. The molecule has 0 fully saturated rings. The van der Waals surface area contributed by atoms with Gasteiger partial charge in [0.1, 0.15) is 0 Å². The fourth-order valence-corrected chi connectivity index (χ4v) is 2.93. The molecule has 0 aliphatic heterocycles. The molecule has 0 atom stereocenters. The average molecular weight is 370 g/mol. The van der Waals surface area contributed by atoms with E-state index in [1.54, 1.807) is 10.7 Å². The zero-order chi connectivity index (χ0) is 18.5. The molecule has 1 amide bonds. The lowest BCUT2D eigenvalue weighted by Crippen LogP contribution is -2.14. The van der Waals surface area contributed by atoms with Crippen LogP contribution in [0.4, 0.5) is 11.4 Å². The summed E-state index contributed by atoms with van der Waals surface area (Å²) in [4.78, 5) is 22.4. The first-order valence-corrected chi connectivity index (χ1v) is 8.54. The number of amides is 1. The summed E-state index contributed by atoms with van der Waals surface area (Å²) in [5.74, 6) is -0.246. The van der Waals surface area contributed by atoms with Gasteiger partial charge in [-0.3, -0.25) is 14.9 Å². The van der Waals surface area contributed by atoms with Crippen LogP contribution in [0, 0.1) is 17.0 Å². The van der Waals surface area contributed by atoms with Crippen molar-refractivity contribution < 1.29 is 9.72 Å². The van der Waals surface area contributed by atoms with Crippen LogP contribution in [0.25, 0.3) is 5.69 Å². The molecule has 0 radical (unpaired) electrons. The number of nitrogens with one attached hydrogen (secondary N) is 1. The molecule has 1 aromatic heterocycles. The Bertz CT molecular complexity index is 958. The number of benzene rings is 2. The third-order valence-electron chi connectivity index (χ3n) is 3.46. The molecule has 0 saturated carbocycles. The molecule has 132 valence electrons. The van der Waals surface area contributed by atoms with Crippen LogP contribution in [0.2, 0.25) is 0 Å². The van der Waals surface area contributed by atoms with E-state index in [9.17, 15) is 14.9 Å². The van der Waals surface area contributed by atoms with Gasteiger partial charge >= 0.3 is 0 Å². The predicted molar refractivity (Wildman–Crippen MR) is 96.3 cm³/mol. The first-order valence-electron chi connectivity index (χ1n) is 7.56. The highest BCUT2D eigenvalue weighted by atomic mass is 32.2. The molecule has 3 rings (SSSR count). The third kappa shape index (κ3) is 4.03. The Morgan fingerprint density at radius 2 is 2.08 bits per heavy atom. The van der Waals surface area contributed by atoms with Gasteiger partial charge in [-0.1, -0.05) is 36.0 Å². The van der Waals surface area contributed by atoms with Gasteiger partial charge in [-0.05, 0) is 35.0 Å². The summed E-state index contributed by atoms with van der Waals surface area (Å²) in [6, 6.07) is 13.4. The maximum atomic E-state index is 12.1. The number of tetrazole rings is 1. The highest BCUT2D eigenvalue weighted by molar-refractivity contribution is 7.99. The number of hydrogen-bond donors (Lipinski definition) is 1. The van der Waals surface area contributed by atoms with Crippen LogP contribution in [0.3, 0.4) is 0 Å². The van der Waals surface area contributed by atoms with Crippen molar-refractivity contribution in [2.45, 2.75) is 12.1 Å². The molecule has 0 aliphatic rings. The molecule has 0 unspecified atom stereocenters. The SMILES string of the molecule is Cc1ccccc1-n1nnnc1SCC(=O)Nc1cccc([N+](=O)[O-])c1. The Hall–Kier alpha value is -3.27. The molecule has 0 bridgehead atoms. The number of nitro groups is 1. The standard InChI is InChI=1S/C16H14N6O3S/c1-11-5-2-3-8-14(11)21-16(18-19-20-21)26-10-15(23)17-12-6-4-7-13(9-12)22(24)25/h2-9H,10H2,1H3,(H,17,23). The van der Waals surface area contributed by atoms with Crippen LogP contribution < -0.4 is 5.32 Å². The maximum absolute atomic E-state index is 12.1. The largest absolute Gasteiger partial charge is 0.325 e. The second kappa shape index (κ2) is 7.74. The number of aryl methyl sites for hydroxylation is 1. The van der Waals surface area contributed by atoms with Crippen molar-refractivity contribution >= 4 is 29.0 Å². The van der Waals surface area contributed by atoms with E-state index in [1.807, 2.05) is 31.2 Å². The minimum atomic E-state index is -0.513. The van der Waals surface area contributed by atoms with E-state index in [2.05, 4.69) is 20.8 Å². The average Bonchev–Trinajstić information content (AvgIpc) is 3.09. The van der Waals surface area contributed by atoms with Gasteiger partial charge in [0.2, 0.25) is 11.1 Å². The van der Waals surface area contributed by atoms with E-state index in [1.165, 1.54) is 30.0 Å². The van der Waals surface area contributed by atoms with Crippen LogP contribution >= 0.6 is 11.8 Å². The van der Waals surface area contributed by atoms with E-state index in [0.29, 0.717) is 10.8 Å². The Kier molecular flexibility index (Phi) is 5.23. The molecular weight excluding hydrogens is 356 g/mol. The van der Waals surface area contributed by atoms with Gasteiger partial charge < -0.3 is 5.32 Å². The summed E-state index contributed by atoms with van der Waals surface area (Å²) < 4.78 is 1.57. The van der Waals surface area contributed by atoms with Gasteiger partial charge in [0.25, 0.3) is 5.69 Å². The number of para-hydroxylation sites is 1. The van der Waals surface area contributed by atoms with Crippen molar-refractivity contribution in [2.24, 2.45) is 0 Å². The lowest BCUT2D eigenvalue weighted by molar-refractivity contribution is -0.384. The van der Waals surface area contributed by atoms with Crippen molar-refractivity contribution in [2.75, 3.05) is 11.1 Å². The number of thioether (sulfide) groups is 1. The minimum Gasteiger partial charge on any atom is -0.325 e. The number of aromatic nitrogens is 4. The Balaban J connectivity index is 1.66. The summed E-state index contributed by atoms with van der Waals surface area (Å²) in [5, 5.41) is 25.5. The fourth-order valence-electron chi connectivity index (χ4n) is 2.25. The van der Waals surface area contributed by atoms with Gasteiger partial charge in [0.05, 0.1) is 16.4 Å². The molecule has 1 N–H and O–H groups in total. The fraction of sp³-hybridized carbons (Fsp3) is 0.125.